The molecule has 0 bridgehead atoms. The number of hydrogen-bond acceptors (Lipinski definition) is 4. The molecular formula is C33H40FN3O4S. The van der Waals surface area contributed by atoms with Gasteiger partial charge in [-0.15, -0.1) is 0 Å². The van der Waals surface area contributed by atoms with Crippen molar-refractivity contribution in [2.45, 2.75) is 83.3 Å². The second-order valence-electron chi connectivity index (χ2n) is 11.2. The first kappa shape index (κ1) is 31.2. The molecule has 0 spiro atoms. The highest BCUT2D eigenvalue weighted by Crippen LogP contribution is 2.29. The zero-order valence-corrected chi connectivity index (χ0v) is 25.6. The first-order valence-electron chi connectivity index (χ1n) is 14.5. The normalized spacial score (nSPS) is 14.7. The number of hydrogen-bond donors (Lipinski definition) is 1. The summed E-state index contributed by atoms with van der Waals surface area (Å²) in [4.78, 5) is 29.0. The Morgan fingerprint density at radius 2 is 1.57 bits per heavy atom. The number of amides is 2. The Kier molecular flexibility index (Phi) is 10.0. The number of halogens is 1. The van der Waals surface area contributed by atoms with Gasteiger partial charge in [-0.1, -0.05) is 61.2 Å². The van der Waals surface area contributed by atoms with Crippen LogP contribution in [-0.2, 0) is 26.2 Å². The average Bonchev–Trinajstić information content (AvgIpc) is 2.97. The van der Waals surface area contributed by atoms with E-state index in [0.29, 0.717) is 11.3 Å². The molecule has 0 aliphatic heterocycles. The van der Waals surface area contributed by atoms with Gasteiger partial charge in [0, 0.05) is 12.6 Å². The minimum Gasteiger partial charge on any atom is -0.352 e. The van der Waals surface area contributed by atoms with E-state index in [0.717, 1.165) is 53.1 Å². The SMILES string of the molecule is Cc1ccc(S(=O)(=O)N(CC(=O)N(Cc2ccc(F)cc2)C(C)C(=O)NC2CCCCC2)c2cccc(C)c2C)cc1. The molecule has 0 heterocycles. The van der Waals surface area contributed by atoms with Gasteiger partial charge in [-0.25, -0.2) is 12.8 Å². The molecule has 1 aliphatic carbocycles. The number of sulfonamides is 1. The van der Waals surface area contributed by atoms with Crippen LogP contribution in [0, 0.1) is 26.6 Å². The summed E-state index contributed by atoms with van der Waals surface area (Å²) in [7, 11) is -4.15. The van der Waals surface area contributed by atoms with Gasteiger partial charge < -0.3 is 10.2 Å². The standard InChI is InChI=1S/C33H40FN3O4S/c1-23-13-19-30(20-14-23)42(40,41)37(31-12-8-9-24(2)25(31)3)22-32(38)36(21-27-15-17-28(34)18-16-27)26(4)33(39)35-29-10-6-5-7-11-29/h8-9,12-20,26,29H,5-7,10-11,21-22H2,1-4H3,(H,35,39). The van der Waals surface area contributed by atoms with Gasteiger partial charge in [0.2, 0.25) is 11.8 Å². The number of aryl methyl sites for hydroxylation is 2. The summed E-state index contributed by atoms with van der Waals surface area (Å²) in [5.41, 5.74) is 3.54. The zero-order valence-electron chi connectivity index (χ0n) is 24.8. The summed E-state index contributed by atoms with van der Waals surface area (Å²) >= 11 is 0. The fourth-order valence-electron chi connectivity index (χ4n) is 5.29. The summed E-state index contributed by atoms with van der Waals surface area (Å²) in [5.74, 6) is -1.25. The average molecular weight is 594 g/mol. The lowest BCUT2D eigenvalue weighted by atomic mass is 9.95. The van der Waals surface area contributed by atoms with Gasteiger partial charge in [0.25, 0.3) is 10.0 Å². The Labute approximate surface area is 248 Å². The molecule has 9 heteroatoms. The lowest BCUT2D eigenvalue weighted by Gasteiger charge is -2.33. The Bertz CT molecular complexity index is 1500. The fourth-order valence-corrected chi connectivity index (χ4v) is 6.77. The molecule has 1 fully saturated rings. The van der Waals surface area contributed by atoms with Gasteiger partial charge in [-0.05, 0) is 87.6 Å². The van der Waals surface area contributed by atoms with E-state index in [9.17, 15) is 22.4 Å². The van der Waals surface area contributed by atoms with E-state index in [2.05, 4.69) is 5.32 Å². The Hall–Kier alpha value is -3.72. The third-order valence-corrected chi connectivity index (χ3v) is 9.89. The second-order valence-corrected chi connectivity index (χ2v) is 13.1. The van der Waals surface area contributed by atoms with E-state index in [4.69, 9.17) is 0 Å². The topological polar surface area (TPSA) is 86.8 Å². The predicted octanol–water partition coefficient (Wildman–Crippen LogP) is 5.81. The van der Waals surface area contributed by atoms with Crippen molar-refractivity contribution in [1.82, 2.24) is 10.2 Å². The van der Waals surface area contributed by atoms with Crippen molar-refractivity contribution in [2.24, 2.45) is 0 Å². The molecule has 0 radical (unpaired) electrons. The molecular weight excluding hydrogens is 553 g/mol. The lowest BCUT2D eigenvalue weighted by molar-refractivity contribution is -0.139. The highest BCUT2D eigenvalue weighted by molar-refractivity contribution is 7.92. The van der Waals surface area contributed by atoms with Crippen molar-refractivity contribution in [3.05, 3.63) is 94.8 Å². The van der Waals surface area contributed by atoms with Crippen molar-refractivity contribution >= 4 is 27.5 Å². The quantitative estimate of drug-likeness (QED) is 0.321. The molecule has 3 aromatic rings. The largest absolute Gasteiger partial charge is 0.352 e. The Morgan fingerprint density at radius 3 is 2.21 bits per heavy atom. The third-order valence-electron chi connectivity index (χ3n) is 8.12. The molecule has 224 valence electrons. The number of benzene rings is 3. The molecule has 1 N–H and O–H groups in total. The molecule has 1 saturated carbocycles. The molecule has 42 heavy (non-hydrogen) atoms. The zero-order chi connectivity index (χ0) is 30.4. The van der Waals surface area contributed by atoms with E-state index < -0.39 is 34.3 Å². The van der Waals surface area contributed by atoms with Gasteiger partial charge in [0.1, 0.15) is 18.4 Å². The van der Waals surface area contributed by atoms with Crippen LogP contribution in [0.15, 0.2) is 71.6 Å². The maximum absolute atomic E-state index is 14.1. The fraction of sp³-hybridized carbons (Fsp3) is 0.394. The van der Waals surface area contributed by atoms with Crippen LogP contribution in [0.3, 0.4) is 0 Å². The summed E-state index contributed by atoms with van der Waals surface area (Å²) in [6.07, 6.45) is 5.00. The van der Waals surface area contributed by atoms with Crippen molar-refractivity contribution in [2.75, 3.05) is 10.8 Å². The van der Waals surface area contributed by atoms with Gasteiger partial charge in [0.05, 0.1) is 10.6 Å². The summed E-state index contributed by atoms with van der Waals surface area (Å²) in [6.45, 7) is 6.73. The Balaban J connectivity index is 1.70. The monoisotopic (exact) mass is 593 g/mol. The lowest BCUT2D eigenvalue weighted by Crippen LogP contribution is -2.53. The number of carbonyl (C=O) groups excluding carboxylic acids is 2. The molecule has 0 aromatic heterocycles. The van der Waals surface area contributed by atoms with Crippen molar-refractivity contribution in [3.8, 4) is 0 Å². The van der Waals surface area contributed by atoms with E-state index in [1.165, 1.54) is 29.2 Å². The first-order chi connectivity index (χ1) is 20.0. The van der Waals surface area contributed by atoms with Crippen LogP contribution in [0.25, 0.3) is 0 Å². The minimum absolute atomic E-state index is 0.0174. The molecule has 4 rings (SSSR count). The maximum Gasteiger partial charge on any atom is 0.264 e. The van der Waals surface area contributed by atoms with Gasteiger partial charge >= 0.3 is 0 Å². The van der Waals surface area contributed by atoms with Crippen LogP contribution in [-0.4, -0.2) is 43.8 Å². The third kappa shape index (κ3) is 7.37. The maximum atomic E-state index is 14.1. The van der Waals surface area contributed by atoms with Crippen LogP contribution in [0.4, 0.5) is 10.1 Å². The first-order valence-corrected chi connectivity index (χ1v) is 15.9. The molecule has 3 aromatic carbocycles. The highest BCUT2D eigenvalue weighted by Gasteiger charge is 2.34. The predicted molar refractivity (Wildman–Crippen MR) is 163 cm³/mol. The number of nitrogens with one attached hydrogen (secondary N) is 1. The summed E-state index contributed by atoms with van der Waals surface area (Å²) < 4.78 is 42.9. The summed E-state index contributed by atoms with van der Waals surface area (Å²) in [5, 5.41) is 3.09. The van der Waals surface area contributed by atoms with Crippen molar-refractivity contribution in [3.63, 3.8) is 0 Å². The number of anilines is 1. The van der Waals surface area contributed by atoms with Gasteiger partial charge in [-0.2, -0.15) is 0 Å². The van der Waals surface area contributed by atoms with E-state index in [1.807, 2.05) is 26.8 Å². The number of nitrogens with zero attached hydrogens (tertiary/aromatic N) is 2. The van der Waals surface area contributed by atoms with Crippen LogP contribution in [0.1, 0.15) is 61.3 Å². The van der Waals surface area contributed by atoms with Gasteiger partial charge in [0.15, 0.2) is 0 Å². The number of rotatable bonds is 10. The van der Waals surface area contributed by atoms with E-state index in [1.54, 1.807) is 43.3 Å². The van der Waals surface area contributed by atoms with E-state index in [-0.39, 0.29) is 23.4 Å². The molecule has 1 aliphatic rings. The molecule has 0 saturated heterocycles. The molecule has 1 atom stereocenters. The van der Waals surface area contributed by atoms with Crippen molar-refractivity contribution in [1.29, 1.82) is 0 Å². The van der Waals surface area contributed by atoms with Crippen LogP contribution in [0.5, 0.6) is 0 Å². The molecule has 7 nitrogen and oxygen atoms in total. The van der Waals surface area contributed by atoms with Gasteiger partial charge in [-0.3, -0.25) is 13.9 Å². The van der Waals surface area contributed by atoms with E-state index >= 15 is 0 Å². The molecule has 1 unspecified atom stereocenters. The summed E-state index contributed by atoms with van der Waals surface area (Å²) in [6, 6.07) is 16.7. The van der Waals surface area contributed by atoms with Crippen LogP contribution >= 0.6 is 0 Å². The van der Waals surface area contributed by atoms with Crippen LogP contribution < -0.4 is 9.62 Å². The van der Waals surface area contributed by atoms with Crippen molar-refractivity contribution < 1.29 is 22.4 Å². The van der Waals surface area contributed by atoms with Crippen LogP contribution in [0.2, 0.25) is 0 Å². The smallest absolute Gasteiger partial charge is 0.264 e. The number of carbonyl (C=O) groups is 2. The highest BCUT2D eigenvalue weighted by atomic mass is 32.2. The second kappa shape index (κ2) is 13.5. The molecule has 2 amide bonds. The Morgan fingerprint density at radius 1 is 0.929 bits per heavy atom. The minimum atomic E-state index is -4.15.